The van der Waals surface area contributed by atoms with E-state index in [1.807, 2.05) is 30.3 Å². The van der Waals surface area contributed by atoms with E-state index in [9.17, 15) is 9.18 Å². The van der Waals surface area contributed by atoms with Crippen molar-refractivity contribution in [1.82, 2.24) is 0 Å². The molecule has 0 saturated carbocycles. The van der Waals surface area contributed by atoms with Crippen LogP contribution < -0.4 is 4.74 Å². The fourth-order valence-electron chi connectivity index (χ4n) is 3.06. The van der Waals surface area contributed by atoms with E-state index in [0.717, 1.165) is 16.3 Å². The molecule has 3 aromatic carbocycles. The lowest BCUT2D eigenvalue weighted by atomic mass is 10.0. The summed E-state index contributed by atoms with van der Waals surface area (Å²) in [5.74, 6) is 0.259. The zero-order valence-corrected chi connectivity index (χ0v) is 16.0. The summed E-state index contributed by atoms with van der Waals surface area (Å²) >= 11 is 1.35. The summed E-state index contributed by atoms with van der Waals surface area (Å²) in [6.45, 7) is 0.180. The number of thioether (sulfide) groups is 1. The zero-order valence-electron chi connectivity index (χ0n) is 15.2. The van der Waals surface area contributed by atoms with Crippen LogP contribution in [-0.4, -0.2) is 23.5 Å². The number of hydrogen-bond donors (Lipinski definition) is 0. The number of carbonyl (C=O) groups excluding carboxylic acids is 1. The second-order valence-corrected chi connectivity index (χ2v) is 7.61. The van der Waals surface area contributed by atoms with Gasteiger partial charge in [-0.25, -0.2) is 4.39 Å². The normalized spacial score (nSPS) is 16.3. The monoisotopic (exact) mass is 395 g/mol. The van der Waals surface area contributed by atoms with Gasteiger partial charge in [0.25, 0.3) is 11.1 Å². The van der Waals surface area contributed by atoms with Gasteiger partial charge in [-0.15, -0.1) is 0 Å². The summed E-state index contributed by atoms with van der Waals surface area (Å²) < 4.78 is 24.5. The number of aliphatic imine (C=N–C) groups is 1. The molecule has 0 spiro atoms. The number of rotatable bonds is 5. The van der Waals surface area contributed by atoms with Crippen LogP contribution in [0.5, 0.6) is 5.75 Å². The molecule has 1 unspecified atom stereocenters. The Kier molecular flexibility index (Phi) is 5.30. The molecule has 1 aliphatic rings. The predicted octanol–water partition coefficient (Wildman–Crippen LogP) is 4.74. The third kappa shape index (κ3) is 4.02. The van der Waals surface area contributed by atoms with Gasteiger partial charge in [0.2, 0.25) is 0 Å². The molecule has 1 aliphatic heterocycles. The number of benzene rings is 3. The molecule has 0 radical (unpaired) electrons. The molecule has 0 aromatic heterocycles. The Morgan fingerprint density at radius 2 is 1.86 bits per heavy atom. The highest BCUT2D eigenvalue weighted by molar-refractivity contribution is 8.15. The molecule has 4 rings (SSSR count). The number of amides is 1. The first-order valence-corrected chi connectivity index (χ1v) is 9.72. The molecule has 0 aliphatic carbocycles. The average molecular weight is 395 g/mol. The van der Waals surface area contributed by atoms with Gasteiger partial charge in [0, 0.05) is 5.56 Å². The van der Waals surface area contributed by atoms with E-state index in [0.29, 0.717) is 23.0 Å². The highest BCUT2D eigenvalue weighted by Crippen LogP contribution is 2.28. The fraction of sp³-hybridized carbons (Fsp3) is 0.182. The van der Waals surface area contributed by atoms with Crippen LogP contribution in [0.15, 0.2) is 65.7 Å². The Morgan fingerprint density at radius 3 is 2.64 bits per heavy atom. The standard InChI is InChI=1S/C22H18FNO3S/c1-26-22-24-21(25)20(28-22)11-14-6-7-16-12-18(9-8-15(16)10-14)27-13-17-4-2-3-5-19(17)23/h2-10,12,20H,11,13H2,1H3. The second kappa shape index (κ2) is 8.02. The molecule has 0 saturated heterocycles. The number of carbonyl (C=O) groups is 1. The maximum atomic E-state index is 13.7. The maximum absolute atomic E-state index is 13.7. The van der Waals surface area contributed by atoms with Crippen LogP contribution in [0, 0.1) is 5.82 Å². The molecular formula is C22H18FNO3S. The first kappa shape index (κ1) is 18.5. The number of ether oxygens (including phenoxy) is 2. The predicted molar refractivity (Wildman–Crippen MR) is 109 cm³/mol. The summed E-state index contributed by atoms with van der Waals surface area (Å²) in [7, 11) is 1.52. The van der Waals surface area contributed by atoms with Gasteiger partial charge >= 0.3 is 0 Å². The van der Waals surface area contributed by atoms with Crippen LogP contribution in [-0.2, 0) is 22.6 Å². The van der Waals surface area contributed by atoms with Crippen LogP contribution in [0.1, 0.15) is 11.1 Å². The van der Waals surface area contributed by atoms with E-state index < -0.39 is 0 Å². The van der Waals surface area contributed by atoms with Crippen LogP contribution in [0.25, 0.3) is 10.8 Å². The van der Waals surface area contributed by atoms with Crippen LogP contribution in [0.3, 0.4) is 0 Å². The van der Waals surface area contributed by atoms with E-state index in [4.69, 9.17) is 9.47 Å². The van der Waals surface area contributed by atoms with E-state index in [1.165, 1.54) is 24.9 Å². The summed E-state index contributed by atoms with van der Waals surface area (Å²) in [6, 6.07) is 18.4. The van der Waals surface area contributed by atoms with Gasteiger partial charge in [0.1, 0.15) is 18.2 Å². The Hall–Kier alpha value is -2.86. The molecule has 1 amide bonds. The van der Waals surface area contributed by atoms with E-state index in [2.05, 4.69) is 11.1 Å². The second-order valence-electron chi connectivity index (χ2n) is 6.45. The van der Waals surface area contributed by atoms with E-state index in [-0.39, 0.29) is 23.6 Å². The minimum Gasteiger partial charge on any atom is -0.489 e. The molecule has 0 bridgehead atoms. The van der Waals surface area contributed by atoms with Crippen molar-refractivity contribution in [2.24, 2.45) is 4.99 Å². The van der Waals surface area contributed by atoms with Crippen LogP contribution >= 0.6 is 11.8 Å². The zero-order chi connectivity index (χ0) is 19.5. The maximum Gasteiger partial charge on any atom is 0.263 e. The van der Waals surface area contributed by atoms with Crippen molar-refractivity contribution in [3.63, 3.8) is 0 Å². The Bertz CT molecular complexity index is 1070. The van der Waals surface area contributed by atoms with Gasteiger partial charge in [0.05, 0.1) is 12.4 Å². The summed E-state index contributed by atoms with van der Waals surface area (Å²) in [4.78, 5) is 15.8. The molecule has 6 heteroatoms. The number of methoxy groups -OCH3 is 1. The largest absolute Gasteiger partial charge is 0.489 e. The Labute approximate surface area is 166 Å². The van der Waals surface area contributed by atoms with Gasteiger partial charge < -0.3 is 9.47 Å². The first-order valence-electron chi connectivity index (χ1n) is 8.84. The van der Waals surface area contributed by atoms with Crippen molar-refractivity contribution in [3.05, 3.63) is 77.6 Å². The van der Waals surface area contributed by atoms with Crippen molar-refractivity contribution in [1.29, 1.82) is 0 Å². The Balaban J connectivity index is 1.45. The van der Waals surface area contributed by atoms with Gasteiger partial charge in [-0.05, 0) is 41.0 Å². The molecular weight excluding hydrogens is 377 g/mol. The molecule has 28 heavy (non-hydrogen) atoms. The lowest BCUT2D eigenvalue weighted by Gasteiger charge is -2.10. The molecule has 1 atom stereocenters. The molecule has 0 N–H and O–H groups in total. The third-order valence-electron chi connectivity index (χ3n) is 4.54. The van der Waals surface area contributed by atoms with Gasteiger partial charge in [-0.1, -0.05) is 54.2 Å². The number of fused-ring (bicyclic) bond motifs is 1. The highest BCUT2D eigenvalue weighted by atomic mass is 32.2. The summed E-state index contributed by atoms with van der Waals surface area (Å²) in [6.07, 6.45) is 0.599. The van der Waals surface area contributed by atoms with Crippen molar-refractivity contribution >= 4 is 33.7 Å². The lowest BCUT2D eigenvalue weighted by Crippen LogP contribution is -2.13. The highest BCUT2D eigenvalue weighted by Gasteiger charge is 2.29. The van der Waals surface area contributed by atoms with E-state index >= 15 is 0 Å². The van der Waals surface area contributed by atoms with Gasteiger partial charge in [-0.2, -0.15) is 4.99 Å². The topological polar surface area (TPSA) is 47.9 Å². The molecule has 0 fully saturated rings. The average Bonchev–Trinajstić information content (AvgIpc) is 3.07. The number of nitrogens with zero attached hydrogens (tertiary/aromatic N) is 1. The molecule has 1 heterocycles. The Morgan fingerprint density at radius 1 is 1.07 bits per heavy atom. The number of halogens is 1. The molecule has 142 valence electrons. The van der Waals surface area contributed by atoms with Gasteiger partial charge in [-0.3, -0.25) is 4.79 Å². The quantitative estimate of drug-likeness (QED) is 0.626. The first-order chi connectivity index (χ1) is 13.6. The summed E-state index contributed by atoms with van der Waals surface area (Å²) in [5, 5.41) is 2.26. The fourth-order valence-corrected chi connectivity index (χ4v) is 3.98. The SMILES string of the molecule is COC1=NC(=O)C(Cc2ccc3cc(OCc4ccccc4F)ccc3c2)S1. The minimum absolute atomic E-state index is 0.154. The molecule has 4 nitrogen and oxygen atoms in total. The third-order valence-corrected chi connectivity index (χ3v) is 5.66. The van der Waals surface area contributed by atoms with E-state index in [1.54, 1.807) is 18.2 Å². The van der Waals surface area contributed by atoms with Crippen LogP contribution in [0.2, 0.25) is 0 Å². The smallest absolute Gasteiger partial charge is 0.263 e. The van der Waals surface area contributed by atoms with Crippen molar-refractivity contribution < 1.29 is 18.7 Å². The minimum atomic E-state index is -0.270. The van der Waals surface area contributed by atoms with Crippen LogP contribution in [0.4, 0.5) is 4.39 Å². The number of hydrogen-bond acceptors (Lipinski definition) is 4. The van der Waals surface area contributed by atoms with Gasteiger partial charge in [0.15, 0.2) is 0 Å². The summed E-state index contributed by atoms with van der Waals surface area (Å²) in [5.41, 5.74) is 1.58. The van der Waals surface area contributed by atoms with Crippen molar-refractivity contribution in [3.8, 4) is 5.75 Å². The molecule has 3 aromatic rings. The van der Waals surface area contributed by atoms with Crippen molar-refractivity contribution in [2.45, 2.75) is 18.3 Å². The lowest BCUT2D eigenvalue weighted by molar-refractivity contribution is -0.117. The van der Waals surface area contributed by atoms with Crippen molar-refractivity contribution in [2.75, 3.05) is 7.11 Å².